The Balaban J connectivity index is 2.21. The van der Waals surface area contributed by atoms with Crippen molar-refractivity contribution < 1.29 is 23.0 Å². The summed E-state index contributed by atoms with van der Waals surface area (Å²) in [5, 5.41) is 0. The highest BCUT2D eigenvalue weighted by Crippen LogP contribution is 2.24. The van der Waals surface area contributed by atoms with Crippen LogP contribution in [0.15, 0.2) is 36.4 Å². The first-order valence-corrected chi connectivity index (χ1v) is 6.06. The summed E-state index contributed by atoms with van der Waals surface area (Å²) in [4.78, 5) is 11.6. The quantitative estimate of drug-likeness (QED) is 0.695. The molecule has 110 valence electrons. The fourth-order valence-corrected chi connectivity index (χ4v) is 1.74. The summed E-state index contributed by atoms with van der Waals surface area (Å²) < 4.78 is 36.4. The van der Waals surface area contributed by atoms with E-state index in [4.69, 9.17) is 10.5 Å². The summed E-state index contributed by atoms with van der Waals surface area (Å²) in [6.45, 7) is -0.153. The lowest BCUT2D eigenvalue weighted by molar-refractivity contribution is 0.0595. The molecule has 0 bridgehead atoms. The molecule has 0 heterocycles. The Labute approximate surface area is 120 Å². The molecule has 0 saturated carbocycles. The molecule has 0 unspecified atom stereocenters. The van der Waals surface area contributed by atoms with Gasteiger partial charge in [0, 0.05) is 17.3 Å². The first-order chi connectivity index (χ1) is 10.0. The number of hydrogen-bond acceptors (Lipinski definition) is 4. The van der Waals surface area contributed by atoms with E-state index in [1.807, 2.05) is 0 Å². The van der Waals surface area contributed by atoms with Crippen molar-refractivity contribution in [2.24, 2.45) is 0 Å². The van der Waals surface area contributed by atoms with Crippen LogP contribution in [0.25, 0.3) is 0 Å². The van der Waals surface area contributed by atoms with E-state index < -0.39 is 17.6 Å². The highest BCUT2D eigenvalue weighted by molar-refractivity contribution is 5.93. The third-order valence-electron chi connectivity index (χ3n) is 2.81. The number of carbonyl (C=O) groups is 1. The summed E-state index contributed by atoms with van der Waals surface area (Å²) in [5.74, 6) is -1.79. The minimum absolute atomic E-state index is 0.139. The molecule has 0 atom stereocenters. The Morgan fingerprint density at radius 1 is 1.19 bits per heavy atom. The normalized spacial score (nSPS) is 10.2. The minimum Gasteiger partial charge on any atom is -0.488 e. The topological polar surface area (TPSA) is 61.5 Å². The zero-order chi connectivity index (χ0) is 15.4. The highest BCUT2D eigenvalue weighted by Gasteiger charge is 2.14. The third kappa shape index (κ3) is 3.47. The number of carbonyl (C=O) groups excluding carboxylic acids is 1. The van der Waals surface area contributed by atoms with Gasteiger partial charge in [-0.05, 0) is 30.3 Å². The zero-order valence-electron chi connectivity index (χ0n) is 11.2. The molecule has 0 saturated heterocycles. The molecular weight excluding hydrogens is 280 g/mol. The van der Waals surface area contributed by atoms with Gasteiger partial charge < -0.3 is 15.2 Å². The Hall–Kier alpha value is -2.63. The van der Waals surface area contributed by atoms with Gasteiger partial charge in [0.2, 0.25) is 0 Å². The summed E-state index contributed by atoms with van der Waals surface area (Å²) in [5.41, 5.74) is 6.28. The molecule has 0 aromatic heterocycles. The molecule has 2 rings (SSSR count). The fraction of sp³-hybridized carbons (Fsp3) is 0.133. The van der Waals surface area contributed by atoms with Crippen molar-refractivity contribution in [2.45, 2.75) is 6.61 Å². The van der Waals surface area contributed by atoms with Gasteiger partial charge in [0.05, 0.1) is 7.11 Å². The molecule has 0 aliphatic heterocycles. The molecule has 0 amide bonds. The number of anilines is 1. The number of esters is 1. The summed E-state index contributed by atoms with van der Waals surface area (Å²) >= 11 is 0. The van der Waals surface area contributed by atoms with Crippen molar-refractivity contribution in [3.63, 3.8) is 0 Å². The molecule has 2 aromatic carbocycles. The zero-order valence-corrected chi connectivity index (χ0v) is 11.2. The lowest BCUT2D eigenvalue weighted by Gasteiger charge is -2.11. The average Bonchev–Trinajstić information content (AvgIpc) is 2.46. The molecule has 0 fully saturated rings. The second kappa shape index (κ2) is 6.21. The largest absolute Gasteiger partial charge is 0.488 e. The number of benzene rings is 2. The number of nitrogens with two attached hydrogens (primary N) is 1. The number of methoxy groups -OCH3 is 1. The van der Waals surface area contributed by atoms with Crippen LogP contribution in [-0.4, -0.2) is 13.1 Å². The van der Waals surface area contributed by atoms with Crippen LogP contribution >= 0.6 is 0 Å². The van der Waals surface area contributed by atoms with Crippen LogP contribution in [0.1, 0.15) is 15.9 Å². The van der Waals surface area contributed by atoms with Crippen molar-refractivity contribution in [3.8, 4) is 5.75 Å². The van der Waals surface area contributed by atoms with Crippen LogP contribution in [0.5, 0.6) is 5.75 Å². The highest BCUT2D eigenvalue weighted by atomic mass is 19.1. The predicted octanol–water partition coefficient (Wildman–Crippen LogP) is 2.91. The minimum atomic E-state index is -0.718. The Bertz CT molecular complexity index is 674. The molecule has 21 heavy (non-hydrogen) atoms. The first kappa shape index (κ1) is 14.8. The summed E-state index contributed by atoms with van der Waals surface area (Å²) in [7, 11) is 1.23. The van der Waals surface area contributed by atoms with E-state index in [1.165, 1.54) is 25.3 Å². The lowest BCUT2D eigenvalue weighted by Crippen LogP contribution is -2.07. The van der Waals surface area contributed by atoms with Crippen molar-refractivity contribution >= 4 is 11.7 Å². The van der Waals surface area contributed by atoms with Gasteiger partial charge in [-0.1, -0.05) is 0 Å². The molecule has 4 nitrogen and oxygen atoms in total. The summed E-state index contributed by atoms with van der Waals surface area (Å²) in [6.07, 6.45) is 0. The number of rotatable bonds is 4. The van der Waals surface area contributed by atoms with E-state index in [-0.39, 0.29) is 23.5 Å². The van der Waals surface area contributed by atoms with Crippen molar-refractivity contribution in [3.05, 3.63) is 59.2 Å². The molecule has 2 aromatic rings. The van der Waals surface area contributed by atoms with Gasteiger partial charge in [0.25, 0.3) is 0 Å². The van der Waals surface area contributed by atoms with Gasteiger partial charge in [-0.25, -0.2) is 13.6 Å². The number of hydrogen-bond donors (Lipinski definition) is 1. The first-order valence-electron chi connectivity index (χ1n) is 6.06. The molecule has 0 radical (unpaired) electrons. The number of ether oxygens (including phenoxy) is 2. The maximum absolute atomic E-state index is 13.5. The van der Waals surface area contributed by atoms with Crippen LogP contribution < -0.4 is 10.5 Å². The van der Waals surface area contributed by atoms with Crippen molar-refractivity contribution in [1.82, 2.24) is 0 Å². The molecule has 0 aliphatic rings. The van der Waals surface area contributed by atoms with E-state index >= 15 is 0 Å². The second-order valence-corrected chi connectivity index (χ2v) is 4.27. The Kier molecular flexibility index (Phi) is 4.37. The van der Waals surface area contributed by atoms with Crippen LogP contribution in [0.4, 0.5) is 14.5 Å². The molecule has 0 aliphatic carbocycles. The SMILES string of the molecule is COC(=O)c1cc(N)ccc1OCc1ccc(F)cc1F. The lowest BCUT2D eigenvalue weighted by atomic mass is 10.1. The molecule has 0 spiro atoms. The van der Waals surface area contributed by atoms with Crippen LogP contribution in [0.3, 0.4) is 0 Å². The molecule has 2 N–H and O–H groups in total. The maximum Gasteiger partial charge on any atom is 0.341 e. The Morgan fingerprint density at radius 3 is 2.62 bits per heavy atom. The van der Waals surface area contributed by atoms with Gasteiger partial charge in [-0.3, -0.25) is 0 Å². The van der Waals surface area contributed by atoms with Gasteiger partial charge >= 0.3 is 5.97 Å². The van der Waals surface area contributed by atoms with Crippen LogP contribution in [0.2, 0.25) is 0 Å². The van der Waals surface area contributed by atoms with E-state index in [9.17, 15) is 13.6 Å². The molecule has 6 heteroatoms. The van der Waals surface area contributed by atoms with Crippen molar-refractivity contribution in [1.29, 1.82) is 0 Å². The van der Waals surface area contributed by atoms with Gasteiger partial charge in [0.15, 0.2) is 0 Å². The standard InChI is InChI=1S/C15H13F2NO3/c1-20-15(19)12-7-11(18)4-5-14(12)21-8-9-2-3-10(16)6-13(9)17/h2-7H,8,18H2,1H3. The van der Waals surface area contributed by atoms with Gasteiger partial charge in [-0.2, -0.15) is 0 Å². The smallest absolute Gasteiger partial charge is 0.341 e. The maximum atomic E-state index is 13.5. The van der Waals surface area contributed by atoms with E-state index in [2.05, 4.69) is 4.74 Å². The summed E-state index contributed by atoms with van der Waals surface area (Å²) in [6, 6.07) is 7.61. The monoisotopic (exact) mass is 293 g/mol. The average molecular weight is 293 g/mol. The number of halogens is 2. The third-order valence-corrected chi connectivity index (χ3v) is 2.81. The second-order valence-electron chi connectivity index (χ2n) is 4.27. The van der Waals surface area contributed by atoms with E-state index in [1.54, 1.807) is 6.07 Å². The van der Waals surface area contributed by atoms with E-state index in [0.717, 1.165) is 12.1 Å². The fourth-order valence-electron chi connectivity index (χ4n) is 1.74. The van der Waals surface area contributed by atoms with E-state index in [0.29, 0.717) is 5.69 Å². The van der Waals surface area contributed by atoms with Gasteiger partial charge in [0.1, 0.15) is 29.6 Å². The Morgan fingerprint density at radius 2 is 1.95 bits per heavy atom. The number of nitrogen functional groups attached to an aromatic ring is 1. The molecular formula is C15H13F2NO3. The van der Waals surface area contributed by atoms with Crippen LogP contribution in [-0.2, 0) is 11.3 Å². The van der Waals surface area contributed by atoms with Crippen molar-refractivity contribution in [2.75, 3.05) is 12.8 Å². The van der Waals surface area contributed by atoms with Crippen LogP contribution in [0, 0.1) is 11.6 Å². The van der Waals surface area contributed by atoms with Gasteiger partial charge in [-0.15, -0.1) is 0 Å². The predicted molar refractivity (Wildman–Crippen MR) is 72.9 cm³/mol.